The van der Waals surface area contributed by atoms with Crippen molar-refractivity contribution in [2.45, 2.75) is 26.2 Å². The summed E-state index contributed by atoms with van der Waals surface area (Å²) in [5.41, 5.74) is 0.773. The van der Waals surface area contributed by atoms with E-state index in [1.54, 1.807) is 24.3 Å². The Labute approximate surface area is 168 Å². The van der Waals surface area contributed by atoms with Gasteiger partial charge in [0.1, 0.15) is 5.52 Å². The molecule has 2 aromatic heterocycles. The lowest BCUT2D eigenvalue weighted by Crippen LogP contribution is -2.25. The Morgan fingerprint density at radius 1 is 1.07 bits per heavy atom. The van der Waals surface area contributed by atoms with E-state index in [-0.39, 0.29) is 23.2 Å². The van der Waals surface area contributed by atoms with Crippen LogP contribution in [0.3, 0.4) is 0 Å². The summed E-state index contributed by atoms with van der Waals surface area (Å²) in [5.74, 6) is -0.537. The molecule has 0 saturated heterocycles. The molecule has 0 atom stereocenters. The van der Waals surface area contributed by atoms with Crippen molar-refractivity contribution >= 4 is 22.5 Å². The standard InChI is InChI=1S/C21H17F3N4O2/c1-2-27-18-11-13(7-8-16(18)28-17(20(27)30)9-10-26-28)19(29)25-12-14-5-3-4-6-15(14)21(22,23)24/h3-11H,2,12H2,1H3,(H,25,29). The summed E-state index contributed by atoms with van der Waals surface area (Å²) in [6.07, 6.45) is -2.98. The molecule has 0 radical (unpaired) electrons. The van der Waals surface area contributed by atoms with Gasteiger partial charge >= 0.3 is 6.18 Å². The van der Waals surface area contributed by atoms with Crippen LogP contribution in [0.4, 0.5) is 13.2 Å². The third-order valence-electron chi connectivity index (χ3n) is 4.94. The molecule has 0 aliphatic heterocycles. The average Bonchev–Trinajstić information content (AvgIpc) is 3.22. The Bertz CT molecular complexity index is 1320. The van der Waals surface area contributed by atoms with Crippen molar-refractivity contribution in [1.82, 2.24) is 19.5 Å². The van der Waals surface area contributed by atoms with E-state index in [4.69, 9.17) is 0 Å². The van der Waals surface area contributed by atoms with E-state index in [1.165, 1.54) is 33.5 Å². The van der Waals surface area contributed by atoms with Crippen molar-refractivity contribution in [2.24, 2.45) is 0 Å². The first-order valence-electron chi connectivity index (χ1n) is 9.25. The smallest absolute Gasteiger partial charge is 0.348 e. The maximum atomic E-state index is 13.1. The Morgan fingerprint density at radius 3 is 2.57 bits per heavy atom. The maximum Gasteiger partial charge on any atom is 0.416 e. The van der Waals surface area contributed by atoms with Crippen molar-refractivity contribution in [3.05, 3.63) is 81.8 Å². The molecular formula is C21H17F3N4O2. The molecule has 6 nitrogen and oxygen atoms in total. The van der Waals surface area contributed by atoms with Crippen LogP contribution < -0.4 is 10.9 Å². The Hall–Kier alpha value is -3.62. The van der Waals surface area contributed by atoms with Crippen molar-refractivity contribution in [2.75, 3.05) is 0 Å². The second kappa shape index (κ2) is 7.33. The van der Waals surface area contributed by atoms with Gasteiger partial charge in [-0.15, -0.1) is 0 Å². The lowest BCUT2D eigenvalue weighted by atomic mass is 10.1. The summed E-state index contributed by atoms with van der Waals surface area (Å²) in [6, 6.07) is 11.5. The van der Waals surface area contributed by atoms with Gasteiger partial charge in [0.2, 0.25) is 0 Å². The topological polar surface area (TPSA) is 68.4 Å². The molecule has 0 unspecified atom stereocenters. The molecule has 4 rings (SSSR count). The molecule has 1 amide bonds. The maximum absolute atomic E-state index is 13.1. The van der Waals surface area contributed by atoms with Gasteiger partial charge in [0.15, 0.2) is 0 Å². The Balaban J connectivity index is 1.68. The summed E-state index contributed by atoms with van der Waals surface area (Å²) in [5, 5.41) is 6.69. The van der Waals surface area contributed by atoms with Gasteiger partial charge in [0.25, 0.3) is 11.5 Å². The normalized spacial score (nSPS) is 11.9. The number of nitrogens with zero attached hydrogens (tertiary/aromatic N) is 3. The average molecular weight is 414 g/mol. The number of hydrogen-bond acceptors (Lipinski definition) is 3. The van der Waals surface area contributed by atoms with Crippen molar-refractivity contribution in [1.29, 1.82) is 0 Å². The van der Waals surface area contributed by atoms with Crippen LogP contribution in [0.1, 0.15) is 28.4 Å². The van der Waals surface area contributed by atoms with E-state index >= 15 is 0 Å². The SMILES string of the molecule is CCn1c(=O)c2ccnn2c2ccc(C(=O)NCc3ccccc3C(F)(F)F)cc21. The highest BCUT2D eigenvalue weighted by molar-refractivity contribution is 5.97. The van der Waals surface area contributed by atoms with Gasteiger partial charge in [0.05, 0.1) is 22.8 Å². The van der Waals surface area contributed by atoms with Gasteiger partial charge in [-0.25, -0.2) is 4.52 Å². The van der Waals surface area contributed by atoms with E-state index in [9.17, 15) is 22.8 Å². The number of rotatable bonds is 4. The monoisotopic (exact) mass is 414 g/mol. The van der Waals surface area contributed by atoms with Crippen LogP contribution in [-0.2, 0) is 19.3 Å². The molecule has 0 fully saturated rings. The predicted molar refractivity (Wildman–Crippen MR) is 105 cm³/mol. The molecule has 9 heteroatoms. The predicted octanol–water partition coefficient (Wildman–Crippen LogP) is 3.62. The minimum absolute atomic E-state index is 0.0251. The van der Waals surface area contributed by atoms with E-state index in [0.717, 1.165) is 6.07 Å². The molecule has 0 spiro atoms. The molecule has 0 bridgehead atoms. The highest BCUT2D eigenvalue weighted by atomic mass is 19.4. The molecular weight excluding hydrogens is 397 g/mol. The lowest BCUT2D eigenvalue weighted by molar-refractivity contribution is -0.138. The third-order valence-corrected chi connectivity index (χ3v) is 4.94. The zero-order valence-electron chi connectivity index (χ0n) is 15.9. The fraction of sp³-hybridized carbons (Fsp3) is 0.190. The van der Waals surface area contributed by atoms with Gasteiger partial charge in [-0.2, -0.15) is 18.3 Å². The summed E-state index contributed by atoms with van der Waals surface area (Å²) in [6.45, 7) is 1.93. The number of carbonyl (C=O) groups excluding carboxylic acids is 1. The molecule has 0 aliphatic carbocycles. The zero-order chi connectivity index (χ0) is 21.5. The van der Waals surface area contributed by atoms with Gasteiger partial charge in [0, 0.05) is 18.7 Å². The molecule has 4 aromatic rings. The number of carbonyl (C=O) groups is 1. The number of benzene rings is 2. The number of aryl methyl sites for hydroxylation is 1. The second-order valence-electron chi connectivity index (χ2n) is 6.72. The Morgan fingerprint density at radius 2 is 1.83 bits per heavy atom. The molecule has 154 valence electrons. The molecule has 2 heterocycles. The first-order valence-corrected chi connectivity index (χ1v) is 9.25. The van der Waals surface area contributed by atoms with Crippen molar-refractivity contribution in [3.63, 3.8) is 0 Å². The van der Waals surface area contributed by atoms with Crippen LogP contribution in [-0.4, -0.2) is 20.1 Å². The summed E-state index contributed by atoms with van der Waals surface area (Å²) in [7, 11) is 0. The van der Waals surface area contributed by atoms with Crippen LogP contribution in [0, 0.1) is 0 Å². The third kappa shape index (κ3) is 3.32. The fourth-order valence-corrected chi connectivity index (χ4v) is 3.51. The summed E-state index contributed by atoms with van der Waals surface area (Å²) in [4.78, 5) is 25.3. The minimum atomic E-state index is -4.50. The largest absolute Gasteiger partial charge is 0.416 e. The number of hydrogen-bond donors (Lipinski definition) is 1. The van der Waals surface area contributed by atoms with Gasteiger partial charge in [-0.3, -0.25) is 9.59 Å². The van der Waals surface area contributed by atoms with Gasteiger partial charge in [-0.05, 0) is 42.8 Å². The number of fused-ring (bicyclic) bond motifs is 3. The van der Waals surface area contributed by atoms with Crippen LogP contribution in [0.5, 0.6) is 0 Å². The lowest BCUT2D eigenvalue weighted by Gasteiger charge is -2.14. The molecule has 0 aliphatic rings. The fourth-order valence-electron chi connectivity index (χ4n) is 3.51. The molecule has 2 aromatic carbocycles. The van der Waals surface area contributed by atoms with E-state index < -0.39 is 17.6 Å². The van der Waals surface area contributed by atoms with Crippen LogP contribution in [0.15, 0.2) is 59.5 Å². The van der Waals surface area contributed by atoms with Crippen molar-refractivity contribution in [3.8, 4) is 0 Å². The summed E-state index contributed by atoms with van der Waals surface area (Å²) >= 11 is 0. The first-order chi connectivity index (χ1) is 14.3. The van der Waals surface area contributed by atoms with Crippen LogP contribution in [0.2, 0.25) is 0 Å². The molecule has 0 saturated carbocycles. The highest BCUT2D eigenvalue weighted by Gasteiger charge is 2.32. The Kier molecular flexibility index (Phi) is 4.81. The number of nitrogens with one attached hydrogen (secondary N) is 1. The van der Waals surface area contributed by atoms with Crippen LogP contribution >= 0.6 is 0 Å². The molecule has 30 heavy (non-hydrogen) atoms. The quantitative estimate of drug-likeness (QED) is 0.555. The van der Waals surface area contributed by atoms with E-state index in [0.29, 0.717) is 23.1 Å². The number of halogens is 3. The van der Waals surface area contributed by atoms with E-state index in [2.05, 4.69) is 10.4 Å². The van der Waals surface area contributed by atoms with Gasteiger partial charge < -0.3 is 9.88 Å². The first kappa shape index (κ1) is 19.7. The van der Waals surface area contributed by atoms with Crippen LogP contribution in [0.25, 0.3) is 16.6 Å². The highest BCUT2D eigenvalue weighted by Crippen LogP contribution is 2.31. The number of alkyl halides is 3. The number of amides is 1. The van der Waals surface area contributed by atoms with Gasteiger partial charge in [-0.1, -0.05) is 18.2 Å². The second-order valence-corrected chi connectivity index (χ2v) is 6.72. The minimum Gasteiger partial charge on any atom is -0.348 e. The summed E-state index contributed by atoms with van der Waals surface area (Å²) < 4.78 is 42.5. The van der Waals surface area contributed by atoms with Crippen molar-refractivity contribution < 1.29 is 18.0 Å². The molecule has 1 N–H and O–H groups in total. The van der Waals surface area contributed by atoms with E-state index in [1.807, 2.05) is 6.92 Å². The number of aromatic nitrogens is 3. The zero-order valence-corrected chi connectivity index (χ0v) is 15.9.